The van der Waals surface area contributed by atoms with Crippen LogP contribution in [0, 0.1) is 12.8 Å². The first-order valence-electron chi connectivity index (χ1n) is 9.92. The third-order valence-electron chi connectivity index (χ3n) is 5.42. The largest absolute Gasteiger partial charge is 0.503 e. The number of hydrogen-bond donors (Lipinski definition) is 2. The molecule has 1 aliphatic heterocycles. The summed E-state index contributed by atoms with van der Waals surface area (Å²) in [4.78, 5) is 31.2. The number of fused-ring (bicyclic) bond motifs is 1. The second-order valence-corrected chi connectivity index (χ2v) is 8.48. The van der Waals surface area contributed by atoms with E-state index in [1.807, 2.05) is 45.0 Å². The lowest BCUT2D eigenvalue weighted by Crippen LogP contribution is -2.31. The zero-order chi connectivity index (χ0) is 21.6. The van der Waals surface area contributed by atoms with E-state index in [9.17, 15) is 14.7 Å². The number of aromatic nitrogens is 1. The van der Waals surface area contributed by atoms with Gasteiger partial charge in [-0.15, -0.1) is 0 Å². The Labute approximate surface area is 180 Å². The van der Waals surface area contributed by atoms with Gasteiger partial charge in [-0.2, -0.15) is 0 Å². The van der Waals surface area contributed by atoms with E-state index in [1.54, 1.807) is 24.3 Å². The van der Waals surface area contributed by atoms with Crippen LogP contribution in [0.3, 0.4) is 0 Å². The average molecular weight is 423 g/mol. The van der Waals surface area contributed by atoms with Gasteiger partial charge in [0.2, 0.25) is 0 Å². The van der Waals surface area contributed by atoms with Crippen molar-refractivity contribution in [2.24, 2.45) is 5.92 Å². The van der Waals surface area contributed by atoms with E-state index in [0.717, 1.165) is 22.2 Å². The molecule has 1 unspecified atom stereocenters. The van der Waals surface area contributed by atoms with E-state index in [1.165, 1.54) is 4.90 Å². The number of carbonyl (C=O) groups excluding carboxylic acids is 2. The van der Waals surface area contributed by atoms with Gasteiger partial charge in [0.15, 0.2) is 11.5 Å². The second kappa shape index (κ2) is 7.65. The van der Waals surface area contributed by atoms with Crippen molar-refractivity contribution in [3.8, 4) is 0 Å². The Morgan fingerprint density at radius 3 is 2.50 bits per heavy atom. The van der Waals surface area contributed by atoms with Gasteiger partial charge >= 0.3 is 0 Å². The highest BCUT2D eigenvalue weighted by atomic mass is 35.5. The Hall–Kier alpha value is -3.05. The molecule has 154 valence electrons. The Bertz CT molecular complexity index is 1170. The zero-order valence-electron chi connectivity index (χ0n) is 17.1. The maximum Gasteiger partial charge on any atom is 0.294 e. The third-order valence-corrected chi connectivity index (χ3v) is 5.68. The molecule has 0 aliphatic carbocycles. The number of Topliss-reactive ketones (excluding diaryl/α,β-unsaturated/α-hetero) is 1. The molecule has 2 heterocycles. The molecule has 0 radical (unpaired) electrons. The number of aliphatic hydroxyl groups is 1. The summed E-state index contributed by atoms with van der Waals surface area (Å²) in [6.07, 6.45) is 0.249. The predicted molar refractivity (Wildman–Crippen MR) is 119 cm³/mol. The lowest BCUT2D eigenvalue weighted by molar-refractivity contribution is -0.118. The van der Waals surface area contributed by atoms with E-state index in [0.29, 0.717) is 10.7 Å². The number of aryl methyl sites for hydroxylation is 1. The maximum atomic E-state index is 13.2. The Morgan fingerprint density at radius 2 is 1.83 bits per heavy atom. The molecule has 0 saturated carbocycles. The summed E-state index contributed by atoms with van der Waals surface area (Å²) >= 11 is 6.04. The summed E-state index contributed by atoms with van der Waals surface area (Å²) in [6, 6.07) is 13.9. The normalized spacial score (nSPS) is 16.9. The highest BCUT2D eigenvalue weighted by Crippen LogP contribution is 2.45. The number of para-hydroxylation sites is 1. The van der Waals surface area contributed by atoms with E-state index in [2.05, 4.69) is 4.98 Å². The van der Waals surface area contributed by atoms with Crippen LogP contribution in [0.15, 0.2) is 59.9 Å². The van der Waals surface area contributed by atoms with Crippen LogP contribution in [0.1, 0.15) is 37.6 Å². The van der Waals surface area contributed by atoms with Gasteiger partial charge in [0.1, 0.15) is 0 Å². The standard InChI is InChI=1S/C24H23ClN2O3/c1-13(2)12-19(28)21-22(20-14(3)26-18-7-5-4-6-17(18)20)27(24(30)23(21)29)16-10-8-15(25)9-11-16/h4-11,13,22,26,29H,12H2,1-3H3. The zero-order valence-corrected chi connectivity index (χ0v) is 17.8. The molecule has 1 amide bonds. The molecule has 2 N–H and O–H groups in total. The summed E-state index contributed by atoms with van der Waals surface area (Å²) in [5.74, 6) is -1.19. The first-order chi connectivity index (χ1) is 14.3. The van der Waals surface area contributed by atoms with Crippen LogP contribution >= 0.6 is 11.6 Å². The van der Waals surface area contributed by atoms with Crippen molar-refractivity contribution in [3.05, 3.63) is 76.1 Å². The molecule has 0 saturated heterocycles. The van der Waals surface area contributed by atoms with Crippen LogP contribution in [0.2, 0.25) is 5.02 Å². The number of carbonyl (C=O) groups is 2. The summed E-state index contributed by atoms with van der Waals surface area (Å²) in [5, 5.41) is 12.2. The number of hydrogen-bond acceptors (Lipinski definition) is 3. The van der Waals surface area contributed by atoms with Gasteiger partial charge in [-0.3, -0.25) is 14.5 Å². The molecule has 4 rings (SSSR count). The molecule has 0 bridgehead atoms. The molecule has 5 nitrogen and oxygen atoms in total. The van der Waals surface area contributed by atoms with Crippen LogP contribution < -0.4 is 4.90 Å². The number of halogens is 1. The molecule has 1 aliphatic rings. The number of ketones is 1. The molecule has 0 spiro atoms. The molecule has 1 atom stereocenters. The van der Waals surface area contributed by atoms with Gasteiger partial charge < -0.3 is 10.1 Å². The van der Waals surface area contributed by atoms with Crippen molar-refractivity contribution < 1.29 is 14.7 Å². The third kappa shape index (κ3) is 3.29. The van der Waals surface area contributed by atoms with Crippen molar-refractivity contribution in [1.29, 1.82) is 0 Å². The minimum atomic E-state index is -0.721. The van der Waals surface area contributed by atoms with Gasteiger partial charge in [0.25, 0.3) is 5.91 Å². The molecular formula is C24H23ClN2O3. The summed E-state index contributed by atoms with van der Waals surface area (Å²) < 4.78 is 0. The van der Waals surface area contributed by atoms with Crippen molar-refractivity contribution in [1.82, 2.24) is 4.98 Å². The van der Waals surface area contributed by atoms with Gasteiger partial charge in [-0.25, -0.2) is 0 Å². The highest BCUT2D eigenvalue weighted by Gasteiger charge is 2.45. The minimum Gasteiger partial charge on any atom is -0.503 e. The fraction of sp³-hybridized carbons (Fsp3) is 0.250. The van der Waals surface area contributed by atoms with E-state index in [-0.39, 0.29) is 23.7 Å². The minimum absolute atomic E-state index is 0.0993. The lowest BCUT2D eigenvalue weighted by atomic mass is 9.90. The van der Waals surface area contributed by atoms with Crippen LogP contribution in [0.4, 0.5) is 5.69 Å². The molecule has 0 fully saturated rings. The quantitative estimate of drug-likeness (QED) is 0.558. The van der Waals surface area contributed by atoms with Gasteiger partial charge in [-0.1, -0.05) is 43.6 Å². The van der Waals surface area contributed by atoms with Crippen LogP contribution in [-0.4, -0.2) is 21.8 Å². The molecule has 30 heavy (non-hydrogen) atoms. The van der Waals surface area contributed by atoms with Gasteiger partial charge in [0, 0.05) is 39.3 Å². The number of nitrogens with zero attached hydrogens (tertiary/aromatic N) is 1. The van der Waals surface area contributed by atoms with E-state index < -0.39 is 17.7 Å². The Morgan fingerprint density at radius 1 is 1.17 bits per heavy atom. The van der Waals surface area contributed by atoms with Crippen molar-refractivity contribution in [2.45, 2.75) is 33.2 Å². The van der Waals surface area contributed by atoms with E-state index in [4.69, 9.17) is 11.6 Å². The topological polar surface area (TPSA) is 73.4 Å². The second-order valence-electron chi connectivity index (χ2n) is 8.05. The number of rotatable bonds is 5. The van der Waals surface area contributed by atoms with Crippen molar-refractivity contribution in [2.75, 3.05) is 4.90 Å². The summed E-state index contributed by atoms with van der Waals surface area (Å²) in [7, 11) is 0. The Balaban J connectivity index is 1.95. The summed E-state index contributed by atoms with van der Waals surface area (Å²) in [6.45, 7) is 5.80. The first-order valence-corrected chi connectivity index (χ1v) is 10.3. The van der Waals surface area contributed by atoms with Crippen LogP contribution in [0.25, 0.3) is 10.9 Å². The predicted octanol–water partition coefficient (Wildman–Crippen LogP) is 5.64. The number of benzene rings is 2. The number of amides is 1. The number of nitrogens with one attached hydrogen (secondary N) is 1. The van der Waals surface area contributed by atoms with Crippen molar-refractivity contribution >= 4 is 39.9 Å². The monoisotopic (exact) mass is 422 g/mol. The lowest BCUT2D eigenvalue weighted by Gasteiger charge is -2.27. The molecule has 6 heteroatoms. The van der Waals surface area contributed by atoms with Gasteiger partial charge in [-0.05, 0) is 43.2 Å². The number of aromatic amines is 1. The smallest absolute Gasteiger partial charge is 0.294 e. The molecular weight excluding hydrogens is 400 g/mol. The summed E-state index contributed by atoms with van der Waals surface area (Å²) in [5.41, 5.74) is 3.28. The number of H-pyrrole nitrogens is 1. The Kier molecular flexibility index (Phi) is 5.16. The fourth-order valence-corrected chi connectivity index (χ4v) is 4.29. The molecule has 1 aromatic heterocycles. The fourth-order valence-electron chi connectivity index (χ4n) is 4.16. The SMILES string of the molecule is Cc1[nH]c2ccccc2c1C1C(C(=O)CC(C)C)=C(O)C(=O)N1c1ccc(Cl)cc1. The van der Waals surface area contributed by atoms with E-state index >= 15 is 0 Å². The van der Waals surface area contributed by atoms with Crippen molar-refractivity contribution in [3.63, 3.8) is 0 Å². The maximum absolute atomic E-state index is 13.2. The van der Waals surface area contributed by atoms with Gasteiger partial charge in [0.05, 0.1) is 11.6 Å². The average Bonchev–Trinajstić information content (AvgIpc) is 3.15. The van der Waals surface area contributed by atoms with Crippen LogP contribution in [0.5, 0.6) is 0 Å². The molecule has 3 aromatic rings. The number of aliphatic hydroxyl groups excluding tert-OH is 1. The highest BCUT2D eigenvalue weighted by molar-refractivity contribution is 6.30. The molecule has 2 aromatic carbocycles. The first kappa shape index (κ1) is 20.2. The van der Waals surface area contributed by atoms with Crippen LogP contribution in [-0.2, 0) is 9.59 Å². The number of anilines is 1.